The Morgan fingerprint density at radius 3 is 2.60 bits per heavy atom. The maximum absolute atomic E-state index is 11.8. The quantitative estimate of drug-likeness (QED) is 0.513. The van der Waals surface area contributed by atoms with Gasteiger partial charge < -0.3 is 9.47 Å². The number of aromatic nitrogens is 2. The maximum Gasteiger partial charge on any atom is 0.161 e. The van der Waals surface area contributed by atoms with E-state index in [0.29, 0.717) is 6.10 Å². The van der Waals surface area contributed by atoms with E-state index in [0.717, 1.165) is 46.8 Å². The molecule has 1 aliphatic rings. The minimum Gasteiger partial charge on any atom is -0.490 e. The molecular formula is C25H28N2O3. The van der Waals surface area contributed by atoms with Gasteiger partial charge in [0.05, 0.1) is 29.8 Å². The van der Waals surface area contributed by atoms with Crippen LogP contribution in [0.4, 0.5) is 0 Å². The summed E-state index contributed by atoms with van der Waals surface area (Å²) in [6.45, 7) is 7.45. The van der Waals surface area contributed by atoms with Crippen molar-refractivity contribution < 1.29 is 14.3 Å². The normalized spacial score (nSPS) is 14.0. The average Bonchev–Trinajstić information content (AvgIpc) is 3.42. The molecule has 5 heteroatoms. The van der Waals surface area contributed by atoms with Crippen molar-refractivity contribution in [1.82, 2.24) is 9.78 Å². The van der Waals surface area contributed by atoms with Gasteiger partial charge in [-0.2, -0.15) is 5.10 Å². The molecule has 0 spiro atoms. The van der Waals surface area contributed by atoms with E-state index in [1.807, 2.05) is 35.0 Å². The molecule has 156 valence electrons. The number of para-hydroxylation sites is 1. The first kappa shape index (κ1) is 20.4. The molecule has 0 amide bonds. The molecule has 30 heavy (non-hydrogen) atoms. The van der Waals surface area contributed by atoms with Crippen LogP contribution >= 0.6 is 0 Å². The number of Topliss-reactive ketones (excluding diaryl/α,β-unsaturated/α-hetero) is 1. The predicted octanol–water partition coefficient (Wildman–Crippen LogP) is 5.27. The standard InChI is InChI=1S/C25H28N2O3/c1-17-8-5-6-11-23(17)27-24(15-20(26-27)16-29-25(3,4)18(2)28)19-9-7-10-22(14-19)30-21-12-13-21/h5-11,14-15,21H,12-13,16H2,1-4H3. The van der Waals surface area contributed by atoms with E-state index >= 15 is 0 Å². The summed E-state index contributed by atoms with van der Waals surface area (Å²) in [5.41, 5.74) is 4.06. The van der Waals surface area contributed by atoms with E-state index in [1.54, 1.807) is 20.8 Å². The molecular weight excluding hydrogens is 376 g/mol. The van der Waals surface area contributed by atoms with E-state index in [2.05, 4.69) is 31.2 Å². The highest BCUT2D eigenvalue weighted by Gasteiger charge is 2.26. The number of rotatable bonds is 8. The van der Waals surface area contributed by atoms with Crippen molar-refractivity contribution in [1.29, 1.82) is 0 Å². The largest absolute Gasteiger partial charge is 0.490 e. The van der Waals surface area contributed by atoms with Gasteiger partial charge in [0.2, 0.25) is 0 Å². The molecule has 1 aliphatic carbocycles. The van der Waals surface area contributed by atoms with Crippen LogP contribution in [0.2, 0.25) is 0 Å². The second kappa shape index (κ2) is 8.07. The van der Waals surface area contributed by atoms with Crippen molar-refractivity contribution in [3.05, 3.63) is 65.9 Å². The van der Waals surface area contributed by atoms with Crippen molar-refractivity contribution in [2.45, 2.75) is 58.8 Å². The summed E-state index contributed by atoms with van der Waals surface area (Å²) in [5, 5.41) is 4.82. The fourth-order valence-corrected chi connectivity index (χ4v) is 3.15. The van der Waals surface area contributed by atoms with Crippen molar-refractivity contribution in [2.75, 3.05) is 0 Å². The fourth-order valence-electron chi connectivity index (χ4n) is 3.15. The molecule has 0 N–H and O–H groups in total. The second-order valence-electron chi connectivity index (χ2n) is 8.42. The first-order valence-electron chi connectivity index (χ1n) is 10.4. The topological polar surface area (TPSA) is 53.4 Å². The lowest BCUT2D eigenvalue weighted by molar-refractivity contribution is -0.139. The zero-order chi connectivity index (χ0) is 21.3. The van der Waals surface area contributed by atoms with Crippen LogP contribution in [0.15, 0.2) is 54.6 Å². The van der Waals surface area contributed by atoms with Crippen LogP contribution in [0, 0.1) is 6.92 Å². The minimum atomic E-state index is -0.843. The zero-order valence-electron chi connectivity index (χ0n) is 18.0. The van der Waals surface area contributed by atoms with Crippen LogP contribution < -0.4 is 4.74 Å². The summed E-state index contributed by atoms with van der Waals surface area (Å²) in [4.78, 5) is 11.8. The van der Waals surface area contributed by atoms with Crippen LogP contribution in [0.3, 0.4) is 0 Å². The van der Waals surface area contributed by atoms with Gasteiger partial charge in [-0.1, -0.05) is 30.3 Å². The van der Waals surface area contributed by atoms with Crippen LogP contribution in [0.25, 0.3) is 16.9 Å². The number of carbonyl (C=O) groups is 1. The zero-order valence-corrected chi connectivity index (χ0v) is 18.0. The summed E-state index contributed by atoms with van der Waals surface area (Å²) < 4.78 is 13.8. The van der Waals surface area contributed by atoms with Gasteiger partial charge in [0.15, 0.2) is 5.78 Å². The predicted molar refractivity (Wildman–Crippen MR) is 117 cm³/mol. The molecule has 1 saturated carbocycles. The van der Waals surface area contributed by atoms with Gasteiger partial charge >= 0.3 is 0 Å². The third-order valence-electron chi connectivity index (χ3n) is 5.49. The molecule has 1 fully saturated rings. The van der Waals surface area contributed by atoms with Crippen molar-refractivity contribution in [3.8, 4) is 22.7 Å². The summed E-state index contributed by atoms with van der Waals surface area (Å²) in [6, 6.07) is 18.3. The van der Waals surface area contributed by atoms with Crippen molar-refractivity contribution in [3.63, 3.8) is 0 Å². The van der Waals surface area contributed by atoms with Gasteiger partial charge in [-0.05, 0) is 70.4 Å². The van der Waals surface area contributed by atoms with Crippen molar-refractivity contribution in [2.24, 2.45) is 0 Å². The highest BCUT2D eigenvalue weighted by atomic mass is 16.5. The monoisotopic (exact) mass is 404 g/mol. The Morgan fingerprint density at radius 1 is 1.13 bits per heavy atom. The molecule has 5 nitrogen and oxygen atoms in total. The molecule has 1 heterocycles. The molecule has 0 aliphatic heterocycles. The van der Waals surface area contributed by atoms with Gasteiger partial charge in [-0.15, -0.1) is 0 Å². The number of ketones is 1. The van der Waals surface area contributed by atoms with Crippen LogP contribution in [0.1, 0.15) is 44.9 Å². The van der Waals surface area contributed by atoms with Gasteiger partial charge in [0.1, 0.15) is 11.4 Å². The molecule has 0 saturated heterocycles. The number of nitrogens with zero attached hydrogens (tertiary/aromatic N) is 2. The number of aryl methyl sites for hydroxylation is 1. The molecule has 3 aromatic rings. The lowest BCUT2D eigenvalue weighted by Crippen LogP contribution is -2.32. The van der Waals surface area contributed by atoms with Crippen LogP contribution in [0.5, 0.6) is 5.75 Å². The summed E-state index contributed by atoms with van der Waals surface area (Å²) in [5.74, 6) is 0.869. The molecule has 0 radical (unpaired) electrons. The molecule has 0 unspecified atom stereocenters. The molecule has 4 rings (SSSR count). The number of hydrogen-bond acceptors (Lipinski definition) is 4. The van der Waals surface area contributed by atoms with Crippen LogP contribution in [-0.2, 0) is 16.1 Å². The van der Waals surface area contributed by atoms with Crippen LogP contribution in [-0.4, -0.2) is 27.3 Å². The minimum absolute atomic E-state index is 0.00835. The Morgan fingerprint density at radius 2 is 1.90 bits per heavy atom. The Bertz CT molecular complexity index is 1060. The summed E-state index contributed by atoms with van der Waals surface area (Å²) in [6.07, 6.45) is 2.59. The lowest BCUT2D eigenvalue weighted by Gasteiger charge is -2.21. The molecule has 2 aromatic carbocycles. The third kappa shape index (κ3) is 4.46. The lowest BCUT2D eigenvalue weighted by atomic mass is 10.1. The first-order valence-corrected chi connectivity index (χ1v) is 10.4. The average molecular weight is 405 g/mol. The first-order chi connectivity index (χ1) is 14.3. The van der Waals surface area contributed by atoms with E-state index < -0.39 is 5.60 Å². The van der Waals surface area contributed by atoms with E-state index in [1.165, 1.54) is 0 Å². The SMILES string of the molecule is CC(=O)C(C)(C)OCc1cc(-c2cccc(OC3CC3)c2)n(-c2ccccc2C)n1. The Labute approximate surface area is 177 Å². The third-order valence-corrected chi connectivity index (χ3v) is 5.49. The Hall–Kier alpha value is -2.92. The highest BCUT2D eigenvalue weighted by molar-refractivity contribution is 5.83. The highest BCUT2D eigenvalue weighted by Crippen LogP contribution is 2.32. The fraction of sp³-hybridized carbons (Fsp3) is 0.360. The van der Waals surface area contributed by atoms with Gasteiger partial charge in [-0.25, -0.2) is 4.68 Å². The van der Waals surface area contributed by atoms with Gasteiger partial charge in [0, 0.05) is 5.56 Å². The number of hydrogen-bond donors (Lipinski definition) is 0. The van der Waals surface area contributed by atoms with E-state index in [4.69, 9.17) is 14.6 Å². The summed E-state index contributed by atoms with van der Waals surface area (Å²) >= 11 is 0. The smallest absolute Gasteiger partial charge is 0.161 e. The maximum atomic E-state index is 11.8. The van der Waals surface area contributed by atoms with E-state index in [-0.39, 0.29) is 12.4 Å². The molecule has 0 bridgehead atoms. The molecule has 0 atom stereocenters. The number of carbonyl (C=O) groups excluding carboxylic acids is 1. The van der Waals surface area contributed by atoms with E-state index in [9.17, 15) is 4.79 Å². The Kier molecular flexibility index (Phi) is 5.48. The number of ether oxygens (including phenoxy) is 2. The van der Waals surface area contributed by atoms with Crippen molar-refractivity contribution >= 4 is 5.78 Å². The van der Waals surface area contributed by atoms with Gasteiger partial charge in [-0.3, -0.25) is 4.79 Å². The number of benzene rings is 2. The molecule has 1 aromatic heterocycles. The summed E-state index contributed by atoms with van der Waals surface area (Å²) in [7, 11) is 0. The second-order valence-corrected chi connectivity index (χ2v) is 8.42. The van der Waals surface area contributed by atoms with Gasteiger partial charge in [0.25, 0.3) is 0 Å². The Balaban J connectivity index is 1.71.